The summed E-state index contributed by atoms with van der Waals surface area (Å²) in [5.74, 6) is -1.23. The van der Waals surface area contributed by atoms with Crippen LogP contribution >= 0.6 is 11.6 Å². The average molecular weight is 409 g/mol. The molecule has 0 amide bonds. The summed E-state index contributed by atoms with van der Waals surface area (Å²) in [7, 11) is 0.815. The van der Waals surface area contributed by atoms with Crippen molar-refractivity contribution in [1.29, 1.82) is 0 Å². The van der Waals surface area contributed by atoms with Crippen LogP contribution in [0.15, 0.2) is 40.4 Å². The van der Waals surface area contributed by atoms with E-state index in [0.717, 1.165) is 19.2 Å². The van der Waals surface area contributed by atoms with E-state index >= 15 is 0 Å². The minimum Gasteiger partial charge on any atom is -0.466 e. The van der Waals surface area contributed by atoms with Gasteiger partial charge in [-0.15, -0.1) is 6.58 Å². The zero-order chi connectivity index (χ0) is 20.4. The van der Waals surface area contributed by atoms with Gasteiger partial charge < -0.3 is 9.47 Å². The largest absolute Gasteiger partial charge is 0.466 e. The number of hydrogen-bond acceptors (Lipinski definition) is 4. The molecule has 6 nitrogen and oxygen atoms in total. The fraction of sp³-hybridized carbons (Fsp3) is 0.250. The van der Waals surface area contributed by atoms with Gasteiger partial charge in [0.1, 0.15) is 17.3 Å². The fourth-order valence-corrected chi connectivity index (χ4v) is 2.36. The third-order valence-corrected chi connectivity index (χ3v) is 3.68. The second-order valence-electron chi connectivity index (χ2n) is 5.20. The molecule has 11 heteroatoms. The molecule has 0 aliphatic heterocycles. The molecule has 1 heterocycles. The maximum atomic E-state index is 14.3. The predicted octanol–water partition coefficient (Wildman–Crippen LogP) is 2.89. The zero-order valence-electron chi connectivity index (χ0n) is 13.8. The van der Waals surface area contributed by atoms with Crippen molar-refractivity contribution in [1.82, 2.24) is 9.13 Å². The lowest BCUT2D eigenvalue weighted by Crippen LogP contribution is -2.41. The molecular weight excluding hydrogens is 396 g/mol. The Hall–Kier alpha value is -2.59. The minimum absolute atomic E-state index is 0.133. The van der Waals surface area contributed by atoms with Crippen molar-refractivity contribution in [3.8, 4) is 11.4 Å². The summed E-state index contributed by atoms with van der Waals surface area (Å²) in [4.78, 5) is 24.3. The van der Waals surface area contributed by atoms with Crippen molar-refractivity contribution >= 4 is 11.6 Å². The number of aromatic nitrogens is 2. The lowest BCUT2D eigenvalue weighted by molar-refractivity contribution is -0.144. The summed E-state index contributed by atoms with van der Waals surface area (Å²) in [6.45, 7) is 3.29. The lowest BCUT2D eigenvalue weighted by Gasteiger charge is -2.15. The summed E-state index contributed by atoms with van der Waals surface area (Å²) in [5, 5.41) is -0.185. The summed E-state index contributed by atoms with van der Waals surface area (Å²) in [6.07, 6.45) is -3.48. The van der Waals surface area contributed by atoms with Crippen molar-refractivity contribution in [2.24, 2.45) is 7.05 Å². The number of ether oxygens (including phenoxy) is 2. The summed E-state index contributed by atoms with van der Waals surface area (Å²) >= 11 is 5.84. The van der Waals surface area contributed by atoms with Crippen molar-refractivity contribution in [3.63, 3.8) is 0 Å². The van der Waals surface area contributed by atoms with Gasteiger partial charge in [-0.05, 0) is 6.07 Å². The third kappa shape index (κ3) is 4.40. The Balaban J connectivity index is 2.58. The SMILES string of the molecule is C=CCOCOc1cc(-n2c(=O)cc(C(F)(F)F)n(C)c2=O)c(F)cc1Cl. The maximum Gasteiger partial charge on any atom is 0.431 e. The van der Waals surface area contributed by atoms with Crippen LogP contribution in [0.1, 0.15) is 5.69 Å². The number of rotatable bonds is 6. The van der Waals surface area contributed by atoms with Crippen LogP contribution in [0.3, 0.4) is 0 Å². The van der Waals surface area contributed by atoms with E-state index in [-0.39, 0.29) is 39.4 Å². The monoisotopic (exact) mass is 408 g/mol. The van der Waals surface area contributed by atoms with Gasteiger partial charge in [0.15, 0.2) is 6.79 Å². The Morgan fingerprint density at radius 3 is 2.52 bits per heavy atom. The van der Waals surface area contributed by atoms with E-state index in [0.29, 0.717) is 0 Å². The first kappa shape index (κ1) is 20.7. The maximum absolute atomic E-state index is 14.3. The molecule has 2 aromatic rings. The van der Waals surface area contributed by atoms with Crippen molar-refractivity contribution < 1.29 is 27.0 Å². The number of alkyl halides is 3. The number of benzene rings is 1. The van der Waals surface area contributed by atoms with Gasteiger partial charge in [0.2, 0.25) is 0 Å². The van der Waals surface area contributed by atoms with Crippen molar-refractivity contribution in [2.75, 3.05) is 13.4 Å². The summed E-state index contributed by atoms with van der Waals surface area (Å²) in [5.41, 5.74) is -4.82. The molecule has 27 heavy (non-hydrogen) atoms. The molecule has 0 N–H and O–H groups in total. The van der Waals surface area contributed by atoms with Gasteiger partial charge in [-0.3, -0.25) is 9.36 Å². The van der Waals surface area contributed by atoms with Crippen LogP contribution in [-0.2, 0) is 18.0 Å². The van der Waals surface area contributed by atoms with Gasteiger partial charge in [-0.25, -0.2) is 13.8 Å². The van der Waals surface area contributed by atoms with Gasteiger partial charge in [-0.2, -0.15) is 13.2 Å². The topological polar surface area (TPSA) is 62.5 Å². The van der Waals surface area contributed by atoms with E-state index in [9.17, 15) is 27.2 Å². The van der Waals surface area contributed by atoms with Crippen LogP contribution in [0.4, 0.5) is 17.6 Å². The molecule has 0 aliphatic rings. The van der Waals surface area contributed by atoms with Crippen molar-refractivity contribution in [3.05, 3.63) is 68.2 Å². The standard InChI is InChI=1S/C16H13ClF4N2O4/c1-3-4-26-8-27-12-6-11(10(18)5-9(12)17)23-14(24)7-13(16(19,20)21)22(2)15(23)25/h3,5-7H,1,4,8H2,2H3. The second-order valence-corrected chi connectivity index (χ2v) is 5.61. The smallest absolute Gasteiger partial charge is 0.431 e. The Morgan fingerprint density at radius 1 is 1.26 bits per heavy atom. The van der Waals surface area contributed by atoms with Gasteiger partial charge in [0, 0.05) is 19.2 Å². The summed E-state index contributed by atoms with van der Waals surface area (Å²) < 4.78 is 63.6. The normalized spacial score (nSPS) is 11.5. The van der Waals surface area contributed by atoms with Crippen LogP contribution in [0.2, 0.25) is 5.02 Å². The molecule has 2 rings (SSSR count). The average Bonchev–Trinajstić information content (AvgIpc) is 2.57. The molecule has 0 atom stereocenters. The van der Waals surface area contributed by atoms with Crippen molar-refractivity contribution in [2.45, 2.75) is 6.18 Å². The predicted molar refractivity (Wildman–Crippen MR) is 88.9 cm³/mol. The molecule has 0 saturated heterocycles. The molecule has 0 spiro atoms. The molecule has 0 fully saturated rings. The van der Waals surface area contributed by atoms with E-state index in [1.807, 2.05) is 0 Å². The molecule has 1 aromatic carbocycles. The Kier molecular flexibility index (Phi) is 6.11. The van der Waals surface area contributed by atoms with Gasteiger partial charge in [0.05, 0.1) is 17.3 Å². The van der Waals surface area contributed by atoms with E-state index in [1.165, 1.54) is 6.08 Å². The molecule has 146 valence electrons. The quantitative estimate of drug-likeness (QED) is 0.319. The van der Waals surface area contributed by atoms with Crippen LogP contribution in [0.5, 0.6) is 5.75 Å². The van der Waals surface area contributed by atoms with Crippen LogP contribution in [0, 0.1) is 5.82 Å². The Labute approximate surface area is 154 Å². The first-order chi connectivity index (χ1) is 12.6. The summed E-state index contributed by atoms with van der Waals surface area (Å²) in [6, 6.07) is 1.89. The fourth-order valence-electron chi connectivity index (χ4n) is 2.16. The molecule has 0 saturated carbocycles. The highest BCUT2D eigenvalue weighted by Gasteiger charge is 2.35. The van der Waals surface area contributed by atoms with E-state index in [2.05, 4.69) is 6.58 Å². The number of nitrogens with zero attached hydrogens (tertiary/aromatic N) is 2. The first-order valence-electron chi connectivity index (χ1n) is 7.29. The van der Waals surface area contributed by atoms with Crippen LogP contribution < -0.4 is 16.0 Å². The first-order valence-corrected chi connectivity index (χ1v) is 7.67. The molecule has 0 radical (unpaired) electrons. The van der Waals surface area contributed by atoms with Gasteiger partial charge in [0.25, 0.3) is 5.56 Å². The Morgan fingerprint density at radius 2 is 1.93 bits per heavy atom. The van der Waals surface area contributed by atoms with Gasteiger partial charge in [-0.1, -0.05) is 17.7 Å². The Bertz CT molecular complexity index is 982. The zero-order valence-corrected chi connectivity index (χ0v) is 14.6. The molecule has 0 aliphatic carbocycles. The lowest BCUT2D eigenvalue weighted by atomic mass is 10.2. The van der Waals surface area contributed by atoms with E-state index in [4.69, 9.17) is 21.1 Å². The van der Waals surface area contributed by atoms with E-state index < -0.39 is 34.6 Å². The molecular formula is C16H13ClF4N2O4. The molecule has 1 aromatic heterocycles. The minimum atomic E-state index is -4.93. The second kappa shape index (κ2) is 7.97. The highest BCUT2D eigenvalue weighted by molar-refractivity contribution is 6.32. The highest BCUT2D eigenvalue weighted by Crippen LogP contribution is 2.30. The molecule has 0 unspecified atom stereocenters. The van der Waals surface area contributed by atoms with Gasteiger partial charge >= 0.3 is 11.9 Å². The van der Waals surface area contributed by atoms with E-state index in [1.54, 1.807) is 0 Å². The molecule has 0 bridgehead atoms. The number of halogens is 5. The third-order valence-electron chi connectivity index (χ3n) is 3.39. The van der Waals surface area contributed by atoms with Crippen LogP contribution in [0.25, 0.3) is 5.69 Å². The van der Waals surface area contributed by atoms with Crippen LogP contribution in [-0.4, -0.2) is 22.5 Å². The highest BCUT2D eigenvalue weighted by atomic mass is 35.5. The number of hydrogen-bond donors (Lipinski definition) is 0.